The van der Waals surface area contributed by atoms with Crippen molar-refractivity contribution in [2.24, 2.45) is 0 Å². The Morgan fingerprint density at radius 1 is 0.444 bits per heavy atom. The molecule has 2 atom stereocenters. The van der Waals surface area contributed by atoms with Crippen LogP contribution < -0.4 is 10.6 Å². The SMILES string of the molecule is O=C(/C=C/CCCCCCCCCCCCCCO)N[C@@H]1CC[C@H](NC(=O)/C=C/CCCCCCCCCCCCCCO)C1. The number of amides is 2. The Bertz CT molecular complexity index is 679. The van der Waals surface area contributed by atoms with Crippen LogP contribution in [0.5, 0.6) is 0 Å². The standard InChI is InChI=1S/C39H72N2O4/c42-33-27-23-19-15-11-7-3-1-5-9-13-17-21-25-29-38(44)40-36-31-32-37(35-36)41-39(45)30-26-22-18-14-10-6-2-4-8-12-16-20-24-28-34-43/h25-26,29-30,36-37,42-43H,1-24,27-28,31-35H2,(H,40,44)(H,41,45)/b29-25+,30-26+/t36-,37+. The second-order valence-corrected chi connectivity index (χ2v) is 13.5. The number of unbranched alkanes of at least 4 members (excludes halogenated alkanes) is 24. The second-order valence-electron chi connectivity index (χ2n) is 13.5. The van der Waals surface area contributed by atoms with Crippen molar-refractivity contribution < 1.29 is 19.8 Å². The molecule has 0 aromatic rings. The number of allylic oxidation sites excluding steroid dienone is 2. The van der Waals surface area contributed by atoms with Gasteiger partial charge in [0, 0.05) is 25.3 Å². The highest BCUT2D eigenvalue weighted by Gasteiger charge is 2.26. The van der Waals surface area contributed by atoms with E-state index in [1.165, 1.54) is 128 Å². The van der Waals surface area contributed by atoms with Crippen molar-refractivity contribution in [1.82, 2.24) is 10.6 Å². The van der Waals surface area contributed by atoms with E-state index in [4.69, 9.17) is 10.2 Å². The first-order chi connectivity index (χ1) is 22.2. The number of nitrogens with one attached hydrogen (secondary N) is 2. The van der Waals surface area contributed by atoms with Gasteiger partial charge in [-0.15, -0.1) is 0 Å². The third kappa shape index (κ3) is 28.3. The van der Waals surface area contributed by atoms with Gasteiger partial charge in [-0.05, 0) is 69.9 Å². The zero-order chi connectivity index (χ0) is 32.5. The monoisotopic (exact) mass is 633 g/mol. The average molecular weight is 633 g/mol. The Morgan fingerprint density at radius 2 is 0.711 bits per heavy atom. The van der Waals surface area contributed by atoms with Gasteiger partial charge in [0.2, 0.25) is 11.8 Å². The van der Waals surface area contributed by atoms with Crippen molar-refractivity contribution in [3.8, 4) is 0 Å². The number of carbonyl (C=O) groups excluding carboxylic acids is 2. The van der Waals surface area contributed by atoms with Gasteiger partial charge in [0.05, 0.1) is 0 Å². The molecule has 0 aromatic heterocycles. The van der Waals surface area contributed by atoms with Crippen LogP contribution in [0.2, 0.25) is 0 Å². The molecule has 45 heavy (non-hydrogen) atoms. The highest BCUT2D eigenvalue weighted by atomic mass is 16.3. The van der Waals surface area contributed by atoms with Gasteiger partial charge >= 0.3 is 0 Å². The average Bonchev–Trinajstić information content (AvgIpc) is 3.47. The van der Waals surface area contributed by atoms with E-state index < -0.39 is 0 Å². The molecule has 0 heterocycles. The molecule has 0 unspecified atom stereocenters. The molecule has 6 heteroatoms. The fraction of sp³-hybridized carbons (Fsp3) is 0.846. The number of aliphatic hydroxyl groups excluding tert-OH is 2. The number of aliphatic hydroxyl groups is 2. The Balaban J connectivity index is 1.91. The molecule has 262 valence electrons. The molecule has 0 aliphatic heterocycles. The largest absolute Gasteiger partial charge is 0.396 e. The van der Waals surface area contributed by atoms with E-state index in [1.807, 2.05) is 12.2 Å². The molecule has 1 aliphatic carbocycles. The van der Waals surface area contributed by atoms with Crippen LogP contribution in [0, 0.1) is 0 Å². The third-order valence-electron chi connectivity index (χ3n) is 9.22. The normalized spacial score (nSPS) is 16.7. The summed E-state index contributed by atoms with van der Waals surface area (Å²) in [7, 11) is 0. The summed E-state index contributed by atoms with van der Waals surface area (Å²) >= 11 is 0. The van der Waals surface area contributed by atoms with Crippen LogP contribution >= 0.6 is 0 Å². The third-order valence-corrected chi connectivity index (χ3v) is 9.22. The molecule has 1 aliphatic rings. The minimum atomic E-state index is -0.00598. The van der Waals surface area contributed by atoms with E-state index in [1.54, 1.807) is 12.2 Å². The van der Waals surface area contributed by atoms with Gasteiger partial charge in [0.25, 0.3) is 0 Å². The first-order valence-corrected chi connectivity index (χ1v) is 19.3. The maximum absolute atomic E-state index is 12.3. The van der Waals surface area contributed by atoms with Gasteiger partial charge in [-0.25, -0.2) is 0 Å². The zero-order valence-corrected chi connectivity index (χ0v) is 29.1. The Hall–Kier alpha value is -1.66. The Morgan fingerprint density at radius 3 is 1.00 bits per heavy atom. The number of carbonyl (C=O) groups is 2. The lowest BCUT2D eigenvalue weighted by Gasteiger charge is -2.13. The summed E-state index contributed by atoms with van der Waals surface area (Å²) in [6.45, 7) is 0.669. The fourth-order valence-corrected chi connectivity index (χ4v) is 6.41. The van der Waals surface area contributed by atoms with Crippen molar-refractivity contribution in [2.75, 3.05) is 13.2 Å². The van der Waals surface area contributed by atoms with Crippen LogP contribution in [0.15, 0.2) is 24.3 Å². The zero-order valence-electron chi connectivity index (χ0n) is 29.1. The smallest absolute Gasteiger partial charge is 0.243 e. The van der Waals surface area contributed by atoms with Gasteiger partial charge in [-0.3, -0.25) is 9.59 Å². The van der Waals surface area contributed by atoms with Gasteiger partial charge in [0.1, 0.15) is 0 Å². The van der Waals surface area contributed by atoms with E-state index in [9.17, 15) is 9.59 Å². The molecule has 1 rings (SSSR count). The van der Waals surface area contributed by atoms with Crippen LogP contribution in [0.4, 0.5) is 0 Å². The molecule has 0 aromatic carbocycles. The first-order valence-electron chi connectivity index (χ1n) is 19.3. The van der Waals surface area contributed by atoms with Crippen molar-refractivity contribution in [1.29, 1.82) is 0 Å². The van der Waals surface area contributed by atoms with Gasteiger partial charge in [-0.1, -0.05) is 141 Å². The van der Waals surface area contributed by atoms with E-state index in [2.05, 4.69) is 10.6 Å². The van der Waals surface area contributed by atoms with E-state index in [-0.39, 0.29) is 23.9 Å². The van der Waals surface area contributed by atoms with Crippen LogP contribution in [0.25, 0.3) is 0 Å². The van der Waals surface area contributed by atoms with Crippen LogP contribution in [-0.2, 0) is 9.59 Å². The van der Waals surface area contributed by atoms with Crippen LogP contribution in [0.3, 0.4) is 0 Å². The van der Waals surface area contributed by atoms with Crippen LogP contribution in [0.1, 0.15) is 186 Å². The predicted molar refractivity (Wildman–Crippen MR) is 190 cm³/mol. The molecule has 0 radical (unpaired) electrons. The molecular weight excluding hydrogens is 560 g/mol. The van der Waals surface area contributed by atoms with Gasteiger partial charge < -0.3 is 20.8 Å². The molecule has 6 nitrogen and oxygen atoms in total. The first kappa shape index (κ1) is 41.4. The lowest BCUT2D eigenvalue weighted by molar-refractivity contribution is -0.117. The fourth-order valence-electron chi connectivity index (χ4n) is 6.41. The van der Waals surface area contributed by atoms with Crippen LogP contribution in [-0.4, -0.2) is 47.3 Å². The molecule has 4 N–H and O–H groups in total. The molecule has 1 saturated carbocycles. The van der Waals surface area contributed by atoms with Crippen molar-refractivity contribution in [2.45, 2.75) is 198 Å². The maximum Gasteiger partial charge on any atom is 0.243 e. The number of rotatable bonds is 32. The van der Waals surface area contributed by atoms with Crippen molar-refractivity contribution in [3.05, 3.63) is 24.3 Å². The molecular formula is C39H72N2O4. The molecule has 2 amide bonds. The summed E-state index contributed by atoms with van der Waals surface area (Å²) in [5.74, 6) is -0.0120. The van der Waals surface area contributed by atoms with Gasteiger partial charge in [0.15, 0.2) is 0 Å². The lowest BCUT2D eigenvalue weighted by atomic mass is 10.0. The molecule has 0 saturated heterocycles. The summed E-state index contributed by atoms with van der Waals surface area (Å²) < 4.78 is 0. The minimum Gasteiger partial charge on any atom is -0.396 e. The quantitative estimate of drug-likeness (QED) is 0.0439. The molecule has 1 fully saturated rings. The summed E-state index contributed by atoms with van der Waals surface area (Å²) in [4.78, 5) is 24.6. The van der Waals surface area contributed by atoms with E-state index in [0.29, 0.717) is 13.2 Å². The highest BCUT2D eigenvalue weighted by Crippen LogP contribution is 2.19. The Kier molecular flexibility index (Phi) is 29.7. The number of hydrogen-bond donors (Lipinski definition) is 4. The summed E-state index contributed by atoms with van der Waals surface area (Å²) in [5, 5.41) is 23.8. The maximum atomic E-state index is 12.3. The summed E-state index contributed by atoms with van der Waals surface area (Å²) in [6.07, 6.45) is 42.1. The van der Waals surface area contributed by atoms with Gasteiger partial charge in [-0.2, -0.15) is 0 Å². The van der Waals surface area contributed by atoms with E-state index in [0.717, 1.165) is 57.8 Å². The second kappa shape index (κ2) is 32.3. The highest BCUT2D eigenvalue weighted by molar-refractivity contribution is 5.88. The van der Waals surface area contributed by atoms with E-state index >= 15 is 0 Å². The minimum absolute atomic E-state index is 0.00598. The number of hydrogen-bond acceptors (Lipinski definition) is 4. The van der Waals surface area contributed by atoms with Crippen molar-refractivity contribution in [3.63, 3.8) is 0 Å². The lowest BCUT2D eigenvalue weighted by Crippen LogP contribution is -2.36. The molecule has 0 bridgehead atoms. The Labute approximate surface area is 277 Å². The van der Waals surface area contributed by atoms with Crippen molar-refractivity contribution >= 4 is 11.8 Å². The summed E-state index contributed by atoms with van der Waals surface area (Å²) in [5.41, 5.74) is 0. The summed E-state index contributed by atoms with van der Waals surface area (Å²) in [6, 6.07) is 0.294. The predicted octanol–water partition coefficient (Wildman–Crippen LogP) is 9.38. The molecule has 0 spiro atoms. The topological polar surface area (TPSA) is 98.7 Å².